The highest BCUT2D eigenvalue weighted by Gasteiger charge is 2.25. The van der Waals surface area contributed by atoms with E-state index in [1.165, 1.54) is 0 Å². The van der Waals surface area contributed by atoms with Crippen molar-refractivity contribution in [2.24, 2.45) is 5.73 Å². The number of aryl methyl sites for hydroxylation is 1. The molecule has 0 fully saturated rings. The fourth-order valence-electron chi connectivity index (χ4n) is 3.76. The minimum Gasteiger partial charge on any atom is -0.368 e. The molecule has 4 aromatic rings. The summed E-state index contributed by atoms with van der Waals surface area (Å²) < 4.78 is 1.95. The molecule has 0 radical (unpaired) electrons. The van der Waals surface area contributed by atoms with Crippen LogP contribution in [-0.2, 0) is 17.8 Å². The predicted molar refractivity (Wildman–Crippen MR) is 129 cm³/mol. The van der Waals surface area contributed by atoms with Crippen LogP contribution in [0.5, 0.6) is 0 Å². The lowest BCUT2D eigenvalue weighted by Gasteiger charge is -2.16. The van der Waals surface area contributed by atoms with Crippen LogP contribution in [0, 0.1) is 6.92 Å². The summed E-state index contributed by atoms with van der Waals surface area (Å²) in [7, 11) is 0. The summed E-state index contributed by atoms with van der Waals surface area (Å²) in [6.45, 7) is 2.58. The number of aromatic nitrogens is 2. The second kappa shape index (κ2) is 9.96. The van der Waals surface area contributed by atoms with Crippen molar-refractivity contribution in [3.05, 3.63) is 114 Å². The number of imidazole rings is 1. The Labute approximate surface area is 193 Å². The Kier molecular flexibility index (Phi) is 6.64. The number of nitrogens with one attached hydrogen (secondary N) is 1. The van der Waals surface area contributed by atoms with Gasteiger partial charge in [0, 0.05) is 18.5 Å². The van der Waals surface area contributed by atoms with Crippen LogP contribution in [0.4, 0.5) is 0 Å². The van der Waals surface area contributed by atoms with E-state index in [0.717, 1.165) is 22.3 Å². The van der Waals surface area contributed by atoms with E-state index < -0.39 is 17.9 Å². The first-order valence-electron chi connectivity index (χ1n) is 10.8. The van der Waals surface area contributed by atoms with Gasteiger partial charge in [0.05, 0.1) is 12.0 Å². The molecule has 0 unspecified atom stereocenters. The number of benzene rings is 3. The lowest BCUT2D eigenvalue weighted by atomic mass is 10.0. The van der Waals surface area contributed by atoms with E-state index in [1.807, 2.05) is 96.4 Å². The summed E-state index contributed by atoms with van der Waals surface area (Å²) in [5.74, 6) is -1.02. The Bertz CT molecular complexity index is 1230. The number of hydrogen-bond donors (Lipinski definition) is 2. The number of carbonyl (C=O) groups excluding carboxylic acids is 2. The van der Waals surface area contributed by atoms with Gasteiger partial charge in [0.1, 0.15) is 6.04 Å². The SMILES string of the molecule is Cc1ccc(-c2c(C(=O)N[C@@H](Cc3ccccc3)C(N)=O)ncn2Cc2ccccc2)cc1. The van der Waals surface area contributed by atoms with Crippen molar-refractivity contribution in [2.45, 2.75) is 25.9 Å². The van der Waals surface area contributed by atoms with Crippen LogP contribution < -0.4 is 11.1 Å². The highest BCUT2D eigenvalue weighted by atomic mass is 16.2. The Morgan fingerprint density at radius 1 is 0.909 bits per heavy atom. The molecule has 3 N–H and O–H groups in total. The lowest BCUT2D eigenvalue weighted by molar-refractivity contribution is -0.119. The molecule has 6 heteroatoms. The molecule has 0 aliphatic rings. The van der Waals surface area contributed by atoms with E-state index in [0.29, 0.717) is 18.7 Å². The smallest absolute Gasteiger partial charge is 0.272 e. The number of nitrogens with zero attached hydrogens (tertiary/aromatic N) is 2. The van der Waals surface area contributed by atoms with Gasteiger partial charge in [-0.15, -0.1) is 0 Å². The normalized spacial score (nSPS) is 11.7. The quantitative estimate of drug-likeness (QED) is 0.439. The van der Waals surface area contributed by atoms with E-state index in [4.69, 9.17) is 5.73 Å². The zero-order chi connectivity index (χ0) is 23.2. The van der Waals surface area contributed by atoms with Crippen molar-refractivity contribution in [3.63, 3.8) is 0 Å². The van der Waals surface area contributed by atoms with Gasteiger partial charge < -0.3 is 15.6 Å². The second-order valence-corrected chi connectivity index (χ2v) is 8.04. The summed E-state index contributed by atoms with van der Waals surface area (Å²) in [4.78, 5) is 29.8. The molecule has 33 heavy (non-hydrogen) atoms. The first kappa shape index (κ1) is 22.0. The van der Waals surface area contributed by atoms with Crippen LogP contribution in [0.1, 0.15) is 27.2 Å². The molecule has 2 amide bonds. The number of carbonyl (C=O) groups is 2. The summed E-state index contributed by atoms with van der Waals surface area (Å²) in [6, 6.07) is 26.5. The van der Waals surface area contributed by atoms with Crippen molar-refractivity contribution in [3.8, 4) is 11.3 Å². The van der Waals surface area contributed by atoms with Crippen molar-refractivity contribution < 1.29 is 9.59 Å². The van der Waals surface area contributed by atoms with E-state index in [-0.39, 0.29) is 5.69 Å². The maximum Gasteiger partial charge on any atom is 0.272 e. The van der Waals surface area contributed by atoms with Crippen LogP contribution >= 0.6 is 0 Å². The van der Waals surface area contributed by atoms with E-state index in [1.54, 1.807) is 6.33 Å². The molecule has 0 saturated carbocycles. The van der Waals surface area contributed by atoms with Gasteiger partial charge in [0.2, 0.25) is 5.91 Å². The number of amides is 2. The average Bonchev–Trinajstić information content (AvgIpc) is 3.24. The van der Waals surface area contributed by atoms with E-state index in [2.05, 4.69) is 10.3 Å². The van der Waals surface area contributed by atoms with Crippen molar-refractivity contribution in [1.29, 1.82) is 0 Å². The zero-order valence-corrected chi connectivity index (χ0v) is 18.4. The lowest BCUT2D eigenvalue weighted by Crippen LogP contribution is -2.46. The minimum absolute atomic E-state index is 0.258. The largest absolute Gasteiger partial charge is 0.368 e. The minimum atomic E-state index is -0.843. The Morgan fingerprint density at radius 3 is 2.12 bits per heavy atom. The third kappa shape index (κ3) is 5.36. The van der Waals surface area contributed by atoms with Crippen LogP contribution in [0.3, 0.4) is 0 Å². The third-order valence-electron chi connectivity index (χ3n) is 5.50. The second-order valence-electron chi connectivity index (χ2n) is 8.04. The van der Waals surface area contributed by atoms with Crippen LogP contribution in [0.25, 0.3) is 11.3 Å². The first-order valence-corrected chi connectivity index (χ1v) is 10.8. The molecule has 0 saturated heterocycles. The monoisotopic (exact) mass is 438 g/mol. The van der Waals surface area contributed by atoms with Gasteiger partial charge in [-0.3, -0.25) is 9.59 Å². The molecule has 4 rings (SSSR count). The maximum absolute atomic E-state index is 13.3. The molecule has 0 aliphatic heterocycles. The van der Waals surface area contributed by atoms with Gasteiger partial charge in [0.25, 0.3) is 5.91 Å². The molecule has 3 aromatic carbocycles. The Hall–Kier alpha value is -4.19. The molecule has 0 aliphatic carbocycles. The molecular weight excluding hydrogens is 412 g/mol. The molecule has 166 valence electrons. The van der Waals surface area contributed by atoms with Crippen LogP contribution in [-0.4, -0.2) is 27.4 Å². The third-order valence-corrected chi connectivity index (χ3v) is 5.50. The van der Waals surface area contributed by atoms with Gasteiger partial charge in [-0.25, -0.2) is 4.98 Å². The van der Waals surface area contributed by atoms with Crippen LogP contribution in [0.2, 0.25) is 0 Å². The first-order chi connectivity index (χ1) is 16.0. The summed E-state index contributed by atoms with van der Waals surface area (Å²) >= 11 is 0. The summed E-state index contributed by atoms with van der Waals surface area (Å²) in [5.41, 5.74) is 10.6. The average molecular weight is 439 g/mol. The highest BCUT2D eigenvalue weighted by molar-refractivity contribution is 6.00. The van der Waals surface area contributed by atoms with Gasteiger partial charge in [-0.1, -0.05) is 90.5 Å². The molecule has 1 atom stereocenters. The van der Waals surface area contributed by atoms with Crippen molar-refractivity contribution >= 4 is 11.8 Å². The number of rotatable bonds is 8. The van der Waals surface area contributed by atoms with Gasteiger partial charge >= 0.3 is 0 Å². The number of hydrogen-bond acceptors (Lipinski definition) is 3. The molecule has 0 bridgehead atoms. The fourth-order valence-corrected chi connectivity index (χ4v) is 3.76. The van der Waals surface area contributed by atoms with E-state index >= 15 is 0 Å². The van der Waals surface area contributed by atoms with Crippen molar-refractivity contribution in [2.75, 3.05) is 0 Å². The summed E-state index contributed by atoms with van der Waals surface area (Å²) in [6.07, 6.45) is 1.97. The molecule has 6 nitrogen and oxygen atoms in total. The topological polar surface area (TPSA) is 90.0 Å². The Morgan fingerprint density at radius 2 is 1.52 bits per heavy atom. The van der Waals surface area contributed by atoms with E-state index in [9.17, 15) is 9.59 Å². The predicted octanol–water partition coefficient (Wildman–Crippen LogP) is 3.73. The zero-order valence-electron chi connectivity index (χ0n) is 18.4. The van der Waals surface area contributed by atoms with Gasteiger partial charge in [-0.2, -0.15) is 0 Å². The molecule has 1 heterocycles. The number of primary amides is 1. The molecule has 1 aromatic heterocycles. The van der Waals surface area contributed by atoms with Crippen molar-refractivity contribution in [1.82, 2.24) is 14.9 Å². The van der Waals surface area contributed by atoms with Gasteiger partial charge in [0.15, 0.2) is 5.69 Å². The maximum atomic E-state index is 13.3. The molecule has 0 spiro atoms. The number of nitrogens with two attached hydrogens (primary N) is 1. The molecular formula is C27H26N4O2. The van der Waals surface area contributed by atoms with Gasteiger partial charge in [-0.05, 0) is 18.1 Å². The highest BCUT2D eigenvalue weighted by Crippen LogP contribution is 2.25. The Balaban J connectivity index is 1.66. The summed E-state index contributed by atoms with van der Waals surface area (Å²) in [5, 5.41) is 2.79. The van der Waals surface area contributed by atoms with Crippen LogP contribution in [0.15, 0.2) is 91.3 Å². The standard InChI is InChI=1S/C27H26N4O2/c1-19-12-14-22(15-13-19)25-24(29-18-31(25)17-21-10-6-3-7-11-21)27(33)30-23(26(28)32)16-20-8-4-2-5-9-20/h2-15,18,23H,16-17H2,1H3,(H2,28,32)(H,30,33)/t23-/m0/s1. The fraction of sp³-hybridized carbons (Fsp3) is 0.148.